The lowest BCUT2D eigenvalue weighted by molar-refractivity contribution is -0.181. The van der Waals surface area contributed by atoms with Crippen molar-refractivity contribution in [3.8, 4) is 0 Å². The van der Waals surface area contributed by atoms with Crippen molar-refractivity contribution >= 4 is 0 Å². The van der Waals surface area contributed by atoms with Crippen LogP contribution < -0.4 is 0 Å². The highest BCUT2D eigenvalue weighted by Gasteiger charge is 2.79. The third-order valence-corrected chi connectivity index (χ3v) is 6.12. The number of rotatable bonds is 2. The Kier molecular flexibility index (Phi) is 1.58. The molecular formula is C14H24. The molecule has 0 heterocycles. The average molecular weight is 192 g/mol. The zero-order valence-electron chi connectivity index (χ0n) is 10.1. The topological polar surface area (TPSA) is 0 Å². The molecule has 3 fully saturated rings. The van der Waals surface area contributed by atoms with Crippen molar-refractivity contribution in [2.24, 2.45) is 34.5 Å². The quantitative estimate of drug-likeness (QED) is 0.618. The van der Waals surface area contributed by atoms with Crippen molar-refractivity contribution in [2.75, 3.05) is 0 Å². The van der Waals surface area contributed by atoms with Crippen LogP contribution in [-0.4, -0.2) is 0 Å². The maximum atomic E-state index is 2.53. The van der Waals surface area contributed by atoms with Gasteiger partial charge in [-0.05, 0) is 47.3 Å². The Hall–Kier alpha value is 0. The lowest BCUT2D eigenvalue weighted by Crippen LogP contribution is -2.60. The van der Waals surface area contributed by atoms with Gasteiger partial charge in [-0.3, -0.25) is 0 Å². The van der Waals surface area contributed by atoms with Gasteiger partial charge in [-0.1, -0.05) is 40.5 Å². The van der Waals surface area contributed by atoms with E-state index in [4.69, 9.17) is 0 Å². The molecule has 80 valence electrons. The standard InChI is InChI=1S/C14H24/c1-5-6-10-7-11-9(2)14(12(10)11)8-13(14,3)4/h9-12H,5-8H2,1-4H3. The molecule has 0 nitrogen and oxygen atoms in total. The molecule has 3 saturated carbocycles. The minimum absolute atomic E-state index is 0.694. The van der Waals surface area contributed by atoms with Crippen molar-refractivity contribution < 1.29 is 0 Å². The maximum absolute atomic E-state index is 2.53. The molecule has 0 aromatic rings. The fourth-order valence-electron chi connectivity index (χ4n) is 5.38. The van der Waals surface area contributed by atoms with Crippen LogP contribution in [-0.2, 0) is 0 Å². The summed E-state index contributed by atoms with van der Waals surface area (Å²) < 4.78 is 0. The van der Waals surface area contributed by atoms with Crippen LogP contribution in [0.4, 0.5) is 0 Å². The highest BCUT2D eigenvalue weighted by Crippen LogP contribution is 2.86. The summed E-state index contributed by atoms with van der Waals surface area (Å²) >= 11 is 0. The van der Waals surface area contributed by atoms with E-state index in [0.717, 1.165) is 29.1 Å². The third kappa shape index (κ3) is 0.750. The second-order valence-electron chi connectivity index (χ2n) is 6.86. The first-order valence-electron chi connectivity index (χ1n) is 6.54. The monoisotopic (exact) mass is 192 g/mol. The van der Waals surface area contributed by atoms with Crippen LogP contribution in [0.2, 0.25) is 0 Å². The van der Waals surface area contributed by atoms with Crippen molar-refractivity contribution in [1.29, 1.82) is 0 Å². The van der Waals surface area contributed by atoms with Gasteiger partial charge in [0.15, 0.2) is 0 Å². The summed E-state index contributed by atoms with van der Waals surface area (Å²) in [6.07, 6.45) is 6.00. The van der Waals surface area contributed by atoms with Crippen LogP contribution >= 0.6 is 0 Å². The molecule has 0 aromatic heterocycles. The second-order valence-corrected chi connectivity index (χ2v) is 6.86. The molecule has 0 radical (unpaired) electrons. The summed E-state index contributed by atoms with van der Waals surface area (Å²) in [5.41, 5.74) is 1.51. The van der Waals surface area contributed by atoms with Crippen molar-refractivity contribution in [2.45, 2.75) is 53.4 Å². The van der Waals surface area contributed by atoms with Gasteiger partial charge in [0.25, 0.3) is 0 Å². The maximum Gasteiger partial charge on any atom is -0.0179 e. The molecule has 0 aliphatic heterocycles. The Morgan fingerprint density at radius 1 is 1.29 bits per heavy atom. The zero-order chi connectivity index (χ0) is 10.1. The number of hydrogen-bond donors (Lipinski definition) is 0. The normalized spacial score (nSPS) is 57.4. The van der Waals surface area contributed by atoms with Gasteiger partial charge in [0, 0.05) is 0 Å². The molecule has 0 N–H and O–H groups in total. The van der Waals surface area contributed by atoms with Crippen LogP contribution in [0.5, 0.6) is 0 Å². The molecule has 5 atom stereocenters. The van der Waals surface area contributed by atoms with Crippen LogP contribution in [0.1, 0.15) is 53.4 Å². The predicted octanol–water partition coefficient (Wildman–Crippen LogP) is 4.10. The van der Waals surface area contributed by atoms with E-state index in [9.17, 15) is 0 Å². The Morgan fingerprint density at radius 2 is 1.93 bits per heavy atom. The molecule has 3 rings (SSSR count). The van der Waals surface area contributed by atoms with Gasteiger partial charge in [0.2, 0.25) is 0 Å². The summed E-state index contributed by atoms with van der Waals surface area (Å²) in [5.74, 6) is 4.44. The van der Waals surface area contributed by atoms with E-state index in [1.807, 2.05) is 0 Å². The van der Waals surface area contributed by atoms with E-state index < -0.39 is 0 Å². The lowest BCUT2D eigenvalue weighted by Gasteiger charge is -2.66. The number of fused-ring (bicyclic) bond motifs is 2. The molecule has 1 spiro atoms. The van der Waals surface area contributed by atoms with Gasteiger partial charge < -0.3 is 0 Å². The highest BCUT2D eigenvalue weighted by molar-refractivity contribution is 5.27. The highest BCUT2D eigenvalue weighted by atomic mass is 14.8. The number of hydrogen-bond acceptors (Lipinski definition) is 0. The van der Waals surface area contributed by atoms with Gasteiger partial charge >= 0.3 is 0 Å². The van der Waals surface area contributed by atoms with Crippen LogP contribution in [0.15, 0.2) is 0 Å². The van der Waals surface area contributed by atoms with Crippen LogP contribution in [0, 0.1) is 34.5 Å². The Labute approximate surface area is 88.5 Å². The molecule has 0 saturated heterocycles. The van der Waals surface area contributed by atoms with E-state index in [2.05, 4.69) is 27.7 Å². The minimum Gasteiger partial charge on any atom is -0.0654 e. The van der Waals surface area contributed by atoms with Gasteiger partial charge in [-0.2, -0.15) is 0 Å². The molecule has 5 unspecified atom stereocenters. The smallest absolute Gasteiger partial charge is 0.0179 e. The summed E-state index contributed by atoms with van der Waals surface area (Å²) in [7, 11) is 0. The van der Waals surface area contributed by atoms with Crippen molar-refractivity contribution in [1.82, 2.24) is 0 Å². The van der Waals surface area contributed by atoms with Crippen LogP contribution in [0.25, 0.3) is 0 Å². The Bertz CT molecular complexity index is 265. The largest absolute Gasteiger partial charge is 0.0654 e. The molecule has 0 aromatic carbocycles. The third-order valence-electron chi connectivity index (χ3n) is 6.12. The Balaban J connectivity index is 1.76. The molecule has 3 aliphatic rings. The first-order chi connectivity index (χ1) is 6.54. The molecule has 0 bridgehead atoms. The van der Waals surface area contributed by atoms with Gasteiger partial charge in [-0.15, -0.1) is 0 Å². The fourth-order valence-corrected chi connectivity index (χ4v) is 5.38. The average Bonchev–Trinajstić information content (AvgIpc) is 2.63. The van der Waals surface area contributed by atoms with Gasteiger partial charge in [-0.25, -0.2) is 0 Å². The Morgan fingerprint density at radius 3 is 2.43 bits per heavy atom. The zero-order valence-corrected chi connectivity index (χ0v) is 10.1. The lowest BCUT2D eigenvalue weighted by atomic mass is 9.39. The van der Waals surface area contributed by atoms with Gasteiger partial charge in [0.1, 0.15) is 0 Å². The minimum atomic E-state index is 0.694. The van der Waals surface area contributed by atoms with E-state index in [-0.39, 0.29) is 0 Å². The molecule has 14 heavy (non-hydrogen) atoms. The fraction of sp³-hybridized carbons (Fsp3) is 1.00. The molecular weight excluding hydrogens is 168 g/mol. The summed E-state index contributed by atoms with van der Waals surface area (Å²) in [6, 6.07) is 0. The van der Waals surface area contributed by atoms with E-state index in [0.29, 0.717) is 5.41 Å². The first-order valence-corrected chi connectivity index (χ1v) is 6.54. The second kappa shape index (κ2) is 2.39. The molecule has 3 aliphatic carbocycles. The van der Waals surface area contributed by atoms with Crippen molar-refractivity contribution in [3.05, 3.63) is 0 Å². The summed E-state index contributed by atoms with van der Waals surface area (Å²) in [4.78, 5) is 0. The van der Waals surface area contributed by atoms with E-state index in [1.165, 1.54) is 19.3 Å². The SMILES string of the molecule is CCCC1CC2C(C)C3(CC3(C)C)C12. The van der Waals surface area contributed by atoms with Crippen LogP contribution in [0.3, 0.4) is 0 Å². The van der Waals surface area contributed by atoms with E-state index in [1.54, 1.807) is 6.42 Å². The van der Waals surface area contributed by atoms with Crippen molar-refractivity contribution in [3.63, 3.8) is 0 Å². The molecule has 0 amide bonds. The van der Waals surface area contributed by atoms with Gasteiger partial charge in [0.05, 0.1) is 0 Å². The molecule has 0 heteroatoms. The van der Waals surface area contributed by atoms with E-state index >= 15 is 0 Å². The summed E-state index contributed by atoms with van der Waals surface area (Å²) in [6.45, 7) is 9.88. The summed E-state index contributed by atoms with van der Waals surface area (Å²) in [5, 5.41) is 0. The first kappa shape index (κ1) is 9.24. The predicted molar refractivity (Wildman–Crippen MR) is 60.0 cm³/mol.